The minimum Gasteiger partial charge on any atom is -0.475 e. The van der Waals surface area contributed by atoms with E-state index < -0.39 is 10.0 Å². The Labute approximate surface area is 120 Å². The van der Waals surface area contributed by atoms with Crippen molar-refractivity contribution in [2.45, 2.75) is 33.3 Å². The molecule has 7 nitrogen and oxygen atoms in total. The number of hydrogen-bond acceptors (Lipinski definition) is 6. The third kappa shape index (κ3) is 7.25. The molecule has 0 saturated heterocycles. The van der Waals surface area contributed by atoms with Crippen LogP contribution in [0.1, 0.15) is 26.0 Å². The van der Waals surface area contributed by atoms with Crippen LogP contribution in [0.15, 0.2) is 6.07 Å². The highest BCUT2D eigenvalue weighted by molar-refractivity contribution is 7.88. The fourth-order valence-corrected chi connectivity index (χ4v) is 1.98. The maximum atomic E-state index is 10.9. The van der Waals surface area contributed by atoms with Crippen LogP contribution >= 0.6 is 0 Å². The Balaban J connectivity index is 2.45. The number of ether oxygens (including phenoxy) is 1. The summed E-state index contributed by atoms with van der Waals surface area (Å²) >= 11 is 0. The second-order valence-corrected chi connectivity index (χ2v) is 6.62. The topological polar surface area (TPSA) is 93.2 Å². The summed E-state index contributed by atoms with van der Waals surface area (Å²) in [5, 5.41) is 3.05. The molecule has 0 aliphatic rings. The van der Waals surface area contributed by atoms with Gasteiger partial charge in [0, 0.05) is 24.8 Å². The first-order valence-electron chi connectivity index (χ1n) is 6.47. The highest BCUT2D eigenvalue weighted by atomic mass is 32.2. The first-order chi connectivity index (χ1) is 9.26. The minimum absolute atomic E-state index is 0.0520. The number of aromatic nitrogens is 2. The quantitative estimate of drug-likeness (QED) is 0.694. The van der Waals surface area contributed by atoms with Crippen LogP contribution in [0, 0.1) is 6.92 Å². The largest absolute Gasteiger partial charge is 0.475 e. The predicted molar refractivity (Wildman–Crippen MR) is 78.5 cm³/mol. The summed E-state index contributed by atoms with van der Waals surface area (Å²) in [5.74, 6) is 1.02. The molecule has 114 valence electrons. The summed E-state index contributed by atoms with van der Waals surface area (Å²) in [4.78, 5) is 8.48. The molecule has 20 heavy (non-hydrogen) atoms. The summed E-state index contributed by atoms with van der Waals surface area (Å²) in [6.07, 6.45) is 1.83. The van der Waals surface area contributed by atoms with Crippen LogP contribution in [0.4, 0.5) is 5.95 Å². The molecule has 1 rings (SSSR count). The predicted octanol–water partition coefficient (Wildman–Crippen LogP) is 0.923. The van der Waals surface area contributed by atoms with Gasteiger partial charge in [-0.2, -0.15) is 4.98 Å². The zero-order chi connectivity index (χ0) is 15.2. The van der Waals surface area contributed by atoms with Gasteiger partial charge in [0.25, 0.3) is 0 Å². The maximum absolute atomic E-state index is 10.9. The molecule has 0 aromatic carbocycles. The first-order valence-corrected chi connectivity index (χ1v) is 8.36. The van der Waals surface area contributed by atoms with E-state index in [9.17, 15) is 8.42 Å². The standard InChI is InChI=1S/C12H22N4O3S/c1-9(2)19-11-8-10(3)15-12(16-11)13-6-5-7-14-20(4,17)18/h8-9,14H,5-7H2,1-4H3,(H,13,15,16). The Morgan fingerprint density at radius 1 is 1.30 bits per heavy atom. The highest BCUT2D eigenvalue weighted by Crippen LogP contribution is 2.13. The number of sulfonamides is 1. The number of rotatable bonds is 8. The van der Waals surface area contributed by atoms with Crippen LogP contribution in [0.25, 0.3) is 0 Å². The maximum Gasteiger partial charge on any atom is 0.226 e. The van der Waals surface area contributed by atoms with E-state index in [1.165, 1.54) is 0 Å². The third-order valence-corrected chi connectivity index (χ3v) is 2.92. The van der Waals surface area contributed by atoms with Crippen molar-refractivity contribution < 1.29 is 13.2 Å². The zero-order valence-corrected chi connectivity index (χ0v) is 13.1. The van der Waals surface area contributed by atoms with Crippen molar-refractivity contribution in [1.29, 1.82) is 0 Å². The van der Waals surface area contributed by atoms with E-state index >= 15 is 0 Å². The lowest BCUT2D eigenvalue weighted by Crippen LogP contribution is -2.24. The van der Waals surface area contributed by atoms with Crippen molar-refractivity contribution in [3.63, 3.8) is 0 Å². The molecule has 0 bridgehead atoms. The zero-order valence-electron chi connectivity index (χ0n) is 12.3. The molecule has 0 saturated carbocycles. The molecule has 0 unspecified atom stereocenters. The van der Waals surface area contributed by atoms with Crippen molar-refractivity contribution >= 4 is 16.0 Å². The van der Waals surface area contributed by atoms with E-state index in [4.69, 9.17) is 4.74 Å². The van der Waals surface area contributed by atoms with Crippen molar-refractivity contribution in [1.82, 2.24) is 14.7 Å². The van der Waals surface area contributed by atoms with Crippen molar-refractivity contribution in [3.05, 3.63) is 11.8 Å². The molecule has 1 aromatic heterocycles. The molecule has 0 atom stereocenters. The highest BCUT2D eigenvalue weighted by Gasteiger charge is 2.05. The van der Waals surface area contributed by atoms with Gasteiger partial charge >= 0.3 is 0 Å². The molecule has 1 aromatic rings. The third-order valence-electron chi connectivity index (χ3n) is 2.19. The first kappa shape index (κ1) is 16.6. The minimum atomic E-state index is -3.13. The number of anilines is 1. The Kier molecular flexibility index (Phi) is 6.15. The molecule has 0 aliphatic carbocycles. The van der Waals surface area contributed by atoms with E-state index in [-0.39, 0.29) is 6.10 Å². The van der Waals surface area contributed by atoms with Gasteiger partial charge in [0.05, 0.1) is 12.4 Å². The number of nitrogens with zero attached hydrogens (tertiary/aromatic N) is 2. The Morgan fingerprint density at radius 3 is 2.60 bits per heavy atom. The molecule has 0 fully saturated rings. The average Bonchev–Trinajstić information content (AvgIpc) is 2.25. The lowest BCUT2D eigenvalue weighted by atomic mass is 10.4. The second kappa shape index (κ2) is 7.39. The summed E-state index contributed by atoms with van der Waals surface area (Å²) in [6.45, 7) is 6.69. The van der Waals surface area contributed by atoms with Gasteiger partial charge in [-0.3, -0.25) is 0 Å². The van der Waals surface area contributed by atoms with Crippen molar-refractivity contribution in [2.75, 3.05) is 24.7 Å². The fraction of sp³-hybridized carbons (Fsp3) is 0.667. The Bertz CT molecular complexity index is 532. The van der Waals surface area contributed by atoms with E-state index in [0.717, 1.165) is 11.9 Å². The average molecular weight is 302 g/mol. The molecule has 8 heteroatoms. The number of aryl methyl sites for hydroxylation is 1. The SMILES string of the molecule is Cc1cc(OC(C)C)nc(NCCCNS(C)(=O)=O)n1. The van der Waals surface area contributed by atoms with Gasteiger partial charge in [0.2, 0.25) is 21.9 Å². The van der Waals surface area contributed by atoms with Crippen LogP contribution in [0.2, 0.25) is 0 Å². The normalized spacial score (nSPS) is 11.7. The molecule has 1 heterocycles. The van der Waals surface area contributed by atoms with Gasteiger partial charge in [-0.25, -0.2) is 18.1 Å². The summed E-state index contributed by atoms with van der Waals surface area (Å²) in [7, 11) is -3.13. The molecular formula is C12H22N4O3S. The van der Waals surface area contributed by atoms with Crippen LogP contribution in [-0.4, -0.2) is 43.8 Å². The molecule has 2 N–H and O–H groups in total. The van der Waals surface area contributed by atoms with Crippen LogP contribution in [0.3, 0.4) is 0 Å². The fourth-order valence-electron chi connectivity index (χ4n) is 1.47. The van der Waals surface area contributed by atoms with E-state index in [2.05, 4.69) is 20.0 Å². The number of hydrogen-bond donors (Lipinski definition) is 2. The van der Waals surface area contributed by atoms with Crippen LogP contribution < -0.4 is 14.8 Å². The van der Waals surface area contributed by atoms with E-state index in [0.29, 0.717) is 31.3 Å². The van der Waals surface area contributed by atoms with Gasteiger partial charge in [-0.1, -0.05) is 0 Å². The van der Waals surface area contributed by atoms with Gasteiger partial charge in [-0.15, -0.1) is 0 Å². The van der Waals surface area contributed by atoms with Gasteiger partial charge < -0.3 is 10.1 Å². The summed E-state index contributed by atoms with van der Waals surface area (Å²) < 4.78 is 29.7. The van der Waals surface area contributed by atoms with Crippen LogP contribution in [-0.2, 0) is 10.0 Å². The lowest BCUT2D eigenvalue weighted by Gasteiger charge is -2.11. The van der Waals surface area contributed by atoms with Gasteiger partial charge in [-0.05, 0) is 27.2 Å². The van der Waals surface area contributed by atoms with Gasteiger partial charge in [0.1, 0.15) is 0 Å². The smallest absolute Gasteiger partial charge is 0.226 e. The molecule has 0 spiro atoms. The number of nitrogens with one attached hydrogen (secondary N) is 2. The molecule has 0 radical (unpaired) electrons. The van der Waals surface area contributed by atoms with Gasteiger partial charge in [0.15, 0.2) is 0 Å². The second-order valence-electron chi connectivity index (χ2n) is 4.78. The lowest BCUT2D eigenvalue weighted by molar-refractivity contribution is 0.232. The van der Waals surface area contributed by atoms with E-state index in [1.807, 2.05) is 20.8 Å². The Morgan fingerprint density at radius 2 is 2.00 bits per heavy atom. The Hall–Kier alpha value is -1.41. The molecule has 0 amide bonds. The summed E-state index contributed by atoms with van der Waals surface area (Å²) in [6, 6.07) is 1.77. The van der Waals surface area contributed by atoms with Crippen LogP contribution in [0.5, 0.6) is 5.88 Å². The monoisotopic (exact) mass is 302 g/mol. The molecular weight excluding hydrogens is 280 g/mol. The van der Waals surface area contributed by atoms with Crippen molar-refractivity contribution in [3.8, 4) is 5.88 Å². The van der Waals surface area contributed by atoms with Crippen molar-refractivity contribution in [2.24, 2.45) is 0 Å². The molecule has 0 aliphatic heterocycles. The summed E-state index contributed by atoms with van der Waals surface area (Å²) in [5.41, 5.74) is 0.812. The van der Waals surface area contributed by atoms with E-state index in [1.54, 1.807) is 6.07 Å².